The van der Waals surface area contributed by atoms with Gasteiger partial charge in [-0.15, -0.1) is 6.58 Å². The molecule has 0 radical (unpaired) electrons. The topological polar surface area (TPSA) is 9.23 Å². The summed E-state index contributed by atoms with van der Waals surface area (Å²) in [6.45, 7) is 3.96. The van der Waals surface area contributed by atoms with Gasteiger partial charge in [-0.25, -0.2) is 13.2 Å². The Kier molecular flexibility index (Phi) is 7.73. The Morgan fingerprint density at radius 2 is 1.54 bits per heavy atom. The van der Waals surface area contributed by atoms with Crippen LogP contribution in [0.3, 0.4) is 0 Å². The molecule has 4 heteroatoms. The average Bonchev–Trinajstić information content (AvgIpc) is 2.95. The van der Waals surface area contributed by atoms with E-state index in [0.29, 0.717) is 22.6 Å². The van der Waals surface area contributed by atoms with Crippen molar-refractivity contribution >= 4 is 11.1 Å². The van der Waals surface area contributed by atoms with E-state index in [1.165, 1.54) is 50.9 Å². The first-order chi connectivity index (χ1) is 18.0. The summed E-state index contributed by atoms with van der Waals surface area (Å²) in [6, 6.07) is 12.4. The summed E-state index contributed by atoms with van der Waals surface area (Å²) in [5.74, 6) is 1.95. The molecule has 1 nitrogen and oxygen atoms in total. The number of methoxy groups -OCH3 is 1. The molecule has 0 bridgehead atoms. The molecule has 1 saturated carbocycles. The van der Waals surface area contributed by atoms with E-state index in [1.54, 1.807) is 36.4 Å². The van der Waals surface area contributed by atoms with Gasteiger partial charge in [-0.1, -0.05) is 54.6 Å². The highest BCUT2D eigenvalue weighted by Gasteiger charge is 2.32. The van der Waals surface area contributed by atoms with Crippen molar-refractivity contribution < 1.29 is 17.9 Å². The quantitative estimate of drug-likeness (QED) is 0.356. The zero-order valence-corrected chi connectivity index (χ0v) is 21.4. The molecule has 0 heterocycles. The van der Waals surface area contributed by atoms with Crippen LogP contribution >= 0.6 is 0 Å². The molecule has 0 saturated heterocycles. The van der Waals surface area contributed by atoms with Crippen LogP contribution in [0.4, 0.5) is 13.2 Å². The summed E-state index contributed by atoms with van der Waals surface area (Å²) in [5.41, 5.74) is 4.22. The first-order valence-corrected chi connectivity index (χ1v) is 13.4. The van der Waals surface area contributed by atoms with Gasteiger partial charge in [-0.05, 0) is 103 Å². The number of rotatable bonds is 6. The van der Waals surface area contributed by atoms with Crippen LogP contribution in [0, 0.1) is 23.6 Å². The van der Waals surface area contributed by atoms with Gasteiger partial charge in [-0.2, -0.15) is 0 Å². The lowest BCUT2D eigenvalue weighted by molar-refractivity contribution is 0.152. The monoisotopic (exact) mass is 504 g/mol. The number of allylic oxidation sites excluding steroid dienone is 7. The van der Waals surface area contributed by atoms with Gasteiger partial charge in [0.1, 0.15) is 11.6 Å². The molecule has 3 aliphatic rings. The molecule has 194 valence electrons. The van der Waals surface area contributed by atoms with Gasteiger partial charge in [0.25, 0.3) is 0 Å². The fourth-order valence-electron chi connectivity index (χ4n) is 6.28. The van der Waals surface area contributed by atoms with Crippen molar-refractivity contribution in [3.63, 3.8) is 0 Å². The Morgan fingerprint density at radius 1 is 0.838 bits per heavy atom. The minimum atomic E-state index is -1.83. The van der Waals surface area contributed by atoms with E-state index in [9.17, 15) is 8.78 Å². The SMILES string of the molecule is C=CC1CCC(C2CC=C(c3ccc(-c4ccc(C5=CC=C(OC)C(F)C5F)cc4)c(F)c3)CC2)CC1. The van der Waals surface area contributed by atoms with E-state index in [-0.39, 0.29) is 17.1 Å². The maximum absolute atomic E-state index is 15.2. The van der Waals surface area contributed by atoms with E-state index in [0.717, 1.165) is 30.2 Å². The summed E-state index contributed by atoms with van der Waals surface area (Å²) in [6.07, 6.45) is 12.2. The van der Waals surface area contributed by atoms with Gasteiger partial charge in [0.15, 0.2) is 12.3 Å². The van der Waals surface area contributed by atoms with Gasteiger partial charge in [0.05, 0.1) is 7.11 Å². The van der Waals surface area contributed by atoms with Crippen LogP contribution in [0.2, 0.25) is 0 Å². The number of hydrogen-bond acceptors (Lipinski definition) is 1. The Bertz CT molecular complexity index is 1210. The van der Waals surface area contributed by atoms with Crippen molar-refractivity contribution in [2.75, 3.05) is 7.11 Å². The molecule has 0 amide bonds. The lowest BCUT2D eigenvalue weighted by Crippen LogP contribution is -2.24. The minimum Gasteiger partial charge on any atom is -0.498 e. The van der Waals surface area contributed by atoms with E-state index in [4.69, 9.17) is 4.74 Å². The van der Waals surface area contributed by atoms with E-state index >= 15 is 4.39 Å². The molecule has 3 aliphatic carbocycles. The van der Waals surface area contributed by atoms with Crippen LogP contribution in [-0.4, -0.2) is 19.5 Å². The van der Waals surface area contributed by atoms with Crippen molar-refractivity contribution in [1.82, 2.24) is 0 Å². The standard InChI is InChI=1S/C33H35F3O/c1-3-21-4-6-22(7-5-21)23-8-10-24(11-9-23)27-16-17-28(30(34)20-27)25-12-14-26(15-13-25)29-18-19-31(37-2)33(36)32(29)35/h3,10,12-23,32-33H,1,4-9,11H2,2H3. The molecule has 0 aliphatic heterocycles. The number of ether oxygens (including phenoxy) is 1. The summed E-state index contributed by atoms with van der Waals surface area (Å²) in [5, 5.41) is 0. The van der Waals surface area contributed by atoms with Crippen molar-refractivity contribution in [1.29, 1.82) is 0 Å². The maximum Gasteiger partial charge on any atom is 0.192 e. The highest BCUT2D eigenvalue weighted by atomic mass is 19.2. The second-order valence-electron chi connectivity index (χ2n) is 10.6. The van der Waals surface area contributed by atoms with Crippen LogP contribution in [0.5, 0.6) is 0 Å². The molecular formula is C33H35F3O. The zero-order valence-electron chi connectivity index (χ0n) is 21.4. The summed E-state index contributed by atoms with van der Waals surface area (Å²) in [7, 11) is 1.33. The largest absolute Gasteiger partial charge is 0.498 e. The molecule has 3 atom stereocenters. The minimum absolute atomic E-state index is 0.0192. The number of hydrogen-bond donors (Lipinski definition) is 0. The van der Waals surface area contributed by atoms with Crippen molar-refractivity contribution in [3.8, 4) is 11.1 Å². The molecular weight excluding hydrogens is 469 g/mol. The van der Waals surface area contributed by atoms with Crippen molar-refractivity contribution in [3.05, 3.63) is 96.1 Å². The lowest BCUT2D eigenvalue weighted by atomic mass is 9.71. The zero-order chi connectivity index (χ0) is 25.9. The lowest BCUT2D eigenvalue weighted by Gasteiger charge is -2.34. The highest BCUT2D eigenvalue weighted by Crippen LogP contribution is 2.42. The molecule has 0 aromatic heterocycles. The van der Waals surface area contributed by atoms with E-state index < -0.39 is 12.3 Å². The number of benzene rings is 2. The third-order valence-corrected chi connectivity index (χ3v) is 8.63. The predicted molar refractivity (Wildman–Crippen MR) is 146 cm³/mol. The normalized spacial score (nSPS) is 28.1. The van der Waals surface area contributed by atoms with Crippen LogP contribution in [0.1, 0.15) is 56.1 Å². The summed E-state index contributed by atoms with van der Waals surface area (Å²) >= 11 is 0. The van der Waals surface area contributed by atoms with Crippen LogP contribution < -0.4 is 0 Å². The molecule has 0 spiro atoms. The Labute approximate surface area is 218 Å². The third kappa shape index (κ3) is 5.35. The molecule has 2 aromatic carbocycles. The highest BCUT2D eigenvalue weighted by molar-refractivity contribution is 5.76. The number of halogens is 3. The molecule has 3 unspecified atom stereocenters. The van der Waals surface area contributed by atoms with Crippen LogP contribution in [-0.2, 0) is 4.74 Å². The molecule has 2 aromatic rings. The first kappa shape index (κ1) is 25.6. The molecule has 1 fully saturated rings. The summed E-state index contributed by atoms with van der Waals surface area (Å²) < 4.78 is 48.9. The fraction of sp³-hybridized carbons (Fsp3) is 0.394. The first-order valence-electron chi connectivity index (χ1n) is 13.4. The van der Waals surface area contributed by atoms with Gasteiger partial charge in [0, 0.05) is 5.56 Å². The van der Waals surface area contributed by atoms with E-state index in [2.05, 4.69) is 18.7 Å². The Balaban J connectivity index is 1.27. The second kappa shape index (κ2) is 11.2. The van der Waals surface area contributed by atoms with Crippen LogP contribution in [0.25, 0.3) is 22.3 Å². The predicted octanol–water partition coefficient (Wildman–Crippen LogP) is 9.27. The van der Waals surface area contributed by atoms with Gasteiger partial charge >= 0.3 is 0 Å². The van der Waals surface area contributed by atoms with Crippen molar-refractivity contribution in [2.24, 2.45) is 17.8 Å². The summed E-state index contributed by atoms with van der Waals surface area (Å²) in [4.78, 5) is 0. The molecule has 37 heavy (non-hydrogen) atoms. The van der Waals surface area contributed by atoms with Gasteiger partial charge in [-0.3, -0.25) is 0 Å². The second-order valence-corrected chi connectivity index (χ2v) is 10.6. The molecule has 0 N–H and O–H groups in total. The smallest absolute Gasteiger partial charge is 0.192 e. The average molecular weight is 505 g/mol. The van der Waals surface area contributed by atoms with E-state index in [1.807, 2.05) is 12.1 Å². The fourth-order valence-corrected chi connectivity index (χ4v) is 6.28. The van der Waals surface area contributed by atoms with Crippen molar-refractivity contribution in [2.45, 2.75) is 57.3 Å². The Hall–Kier alpha value is -3.01. The maximum atomic E-state index is 15.2. The van der Waals surface area contributed by atoms with Gasteiger partial charge < -0.3 is 4.74 Å². The van der Waals surface area contributed by atoms with Gasteiger partial charge in [0.2, 0.25) is 0 Å². The molecule has 5 rings (SSSR count). The third-order valence-electron chi connectivity index (χ3n) is 8.63. The Morgan fingerprint density at radius 3 is 2.16 bits per heavy atom. The number of alkyl halides is 2. The van der Waals surface area contributed by atoms with Crippen LogP contribution in [0.15, 0.2) is 79.1 Å².